The summed E-state index contributed by atoms with van der Waals surface area (Å²) in [5, 5.41) is 7.69. The minimum Gasteiger partial charge on any atom is -0.320 e. The van der Waals surface area contributed by atoms with Crippen LogP contribution in [0.25, 0.3) is 5.69 Å². The molecule has 4 nitrogen and oxygen atoms in total. The van der Waals surface area contributed by atoms with Crippen molar-refractivity contribution >= 4 is 15.9 Å². The van der Waals surface area contributed by atoms with Crippen LogP contribution in [0.3, 0.4) is 0 Å². The van der Waals surface area contributed by atoms with Gasteiger partial charge < -0.3 is 5.73 Å². The van der Waals surface area contributed by atoms with E-state index in [1.807, 2.05) is 0 Å². The van der Waals surface area contributed by atoms with E-state index in [2.05, 4.69) is 26.2 Å². The Morgan fingerprint density at radius 1 is 1.20 bits per heavy atom. The average Bonchev–Trinajstić information content (AvgIpc) is 2.75. The summed E-state index contributed by atoms with van der Waals surface area (Å²) in [5.74, 6) is 0. The number of nitrogens with two attached hydrogens (primary N) is 1. The van der Waals surface area contributed by atoms with Gasteiger partial charge in [0.1, 0.15) is 5.69 Å². The fraction of sp³-hybridized carbons (Fsp3) is 0.333. The van der Waals surface area contributed by atoms with Crippen LogP contribution < -0.4 is 5.73 Å². The number of hydrogen-bond acceptors (Lipinski definition) is 3. The molecule has 1 aromatic carbocycles. The van der Waals surface area contributed by atoms with Gasteiger partial charge in [-0.05, 0) is 32.0 Å². The molecule has 0 fully saturated rings. The van der Waals surface area contributed by atoms with E-state index < -0.39 is 17.3 Å². The highest BCUT2D eigenvalue weighted by Crippen LogP contribution is 2.32. The molecule has 0 aliphatic carbocycles. The molecular weight excluding hydrogens is 337 g/mol. The van der Waals surface area contributed by atoms with Gasteiger partial charge in [-0.15, -0.1) is 5.10 Å². The van der Waals surface area contributed by atoms with Gasteiger partial charge in [0.05, 0.1) is 23.0 Å². The second-order valence-corrected chi connectivity index (χ2v) is 5.88. The maximum Gasteiger partial charge on any atom is 0.416 e. The number of nitrogens with zero attached hydrogens (tertiary/aromatic N) is 3. The summed E-state index contributed by atoms with van der Waals surface area (Å²) in [6.45, 7) is 3.48. The van der Waals surface area contributed by atoms with Crippen LogP contribution in [-0.4, -0.2) is 15.0 Å². The van der Waals surface area contributed by atoms with E-state index >= 15 is 0 Å². The van der Waals surface area contributed by atoms with Gasteiger partial charge in [-0.1, -0.05) is 21.1 Å². The second kappa shape index (κ2) is 4.85. The third kappa shape index (κ3) is 3.18. The van der Waals surface area contributed by atoms with Crippen molar-refractivity contribution in [2.45, 2.75) is 25.6 Å². The number of aromatic nitrogens is 3. The van der Waals surface area contributed by atoms with Gasteiger partial charge in [-0.3, -0.25) is 0 Å². The Morgan fingerprint density at radius 3 is 2.35 bits per heavy atom. The Kier molecular flexibility index (Phi) is 3.64. The lowest BCUT2D eigenvalue weighted by molar-refractivity contribution is -0.137. The summed E-state index contributed by atoms with van der Waals surface area (Å²) < 4.78 is 39.9. The van der Waals surface area contributed by atoms with E-state index in [1.54, 1.807) is 13.8 Å². The van der Waals surface area contributed by atoms with E-state index in [-0.39, 0.29) is 5.69 Å². The third-order valence-electron chi connectivity index (χ3n) is 2.63. The van der Waals surface area contributed by atoms with Crippen LogP contribution in [0, 0.1) is 0 Å². The standard InChI is InChI=1S/C12H12BrF3N4/c1-11(2,17)10-6-20(19-18-10)9-4-7(12(14,15)16)3-8(13)5-9/h3-6H,17H2,1-2H3. The largest absolute Gasteiger partial charge is 0.416 e. The summed E-state index contributed by atoms with van der Waals surface area (Å²) in [4.78, 5) is 0. The first kappa shape index (κ1) is 15.0. The molecule has 1 heterocycles. The van der Waals surface area contributed by atoms with Crippen LogP contribution in [0.2, 0.25) is 0 Å². The van der Waals surface area contributed by atoms with Gasteiger partial charge in [0.25, 0.3) is 0 Å². The Labute approximate surface area is 121 Å². The molecule has 0 spiro atoms. The molecule has 1 aromatic heterocycles. The zero-order valence-electron chi connectivity index (χ0n) is 10.7. The van der Waals surface area contributed by atoms with Crippen LogP contribution in [0.15, 0.2) is 28.9 Å². The lowest BCUT2D eigenvalue weighted by Gasteiger charge is -2.13. The number of benzene rings is 1. The number of rotatable bonds is 2. The summed E-state index contributed by atoms with van der Waals surface area (Å²) >= 11 is 3.06. The van der Waals surface area contributed by atoms with Gasteiger partial charge in [0, 0.05) is 4.47 Å². The van der Waals surface area contributed by atoms with E-state index in [9.17, 15) is 13.2 Å². The van der Waals surface area contributed by atoms with Gasteiger partial charge in [0.2, 0.25) is 0 Å². The SMILES string of the molecule is CC(C)(N)c1cn(-c2cc(Br)cc(C(F)(F)F)c2)nn1. The van der Waals surface area contributed by atoms with Crippen molar-refractivity contribution in [1.82, 2.24) is 15.0 Å². The highest BCUT2D eigenvalue weighted by molar-refractivity contribution is 9.10. The van der Waals surface area contributed by atoms with Crippen LogP contribution >= 0.6 is 15.9 Å². The number of hydrogen-bond donors (Lipinski definition) is 1. The van der Waals surface area contributed by atoms with Crippen molar-refractivity contribution in [2.75, 3.05) is 0 Å². The zero-order valence-corrected chi connectivity index (χ0v) is 12.3. The first-order valence-electron chi connectivity index (χ1n) is 5.67. The molecule has 2 rings (SSSR count). The van der Waals surface area contributed by atoms with Crippen molar-refractivity contribution in [3.8, 4) is 5.69 Å². The maximum absolute atomic E-state index is 12.8. The van der Waals surface area contributed by atoms with Crippen LogP contribution in [-0.2, 0) is 11.7 Å². The van der Waals surface area contributed by atoms with Gasteiger partial charge in [0.15, 0.2) is 0 Å². The summed E-state index contributed by atoms with van der Waals surface area (Å²) in [7, 11) is 0. The molecule has 0 bridgehead atoms. The van der Waals surface area contributed by atoms with E-state index in [1.165, 1.54) is 16.9 Å². The minimum absolute atomic E-state index is 0.259. The summed E-state index contributed by atoms with van der Waals surface area (Å²) in [6, 6.07) is 3.54. The van der Waals surface area contributed by atoms with Crippen molar-refractivity contribution in [3.63, 3.8) is 0 Å². The molecule has 0 aliphatic rings. The highest BCUT2D eigenvalue weighted by Gasteiger charge is 2.31. The normalized spacial score (nSPS) is 12.8. The van der Waals surface area contributed by atoms with Crippen LogP contribution in [0.1, 0.15) is 25.1 Å². The molecule has 20 heavy (non-hydrogen) atoms. The molecule has 0 unspecified atom stereocenters. The second-order valence-electron chi connectivity index (χ2n) is 4.97. The molecule has 108 valence electrons. The Hall–Kier alpha value is -1.41. The van der Waals surface area contributed by atoms with E-state index in [4.69, 9.17) is 5.73 Å². The van der Waals surface area contributed by atoms with E-state index in [0.29, 0.717) is 10.2 Å². The Morgan fingerprint density at radius 2 is 1.85 bits per heavy atom. The van der Waals surface area contributed by atoms with Gasteiger partial charge >= 0.3 is 6.18 Å². The Balaban J connectivity index is 2.48. The number of halogens is 4. The predicted molar refractivity (Wildman–Crippen MR) is 71.3 cm³/mol. The van der Waals surface area contributed by atoms with Crippen LogP contribution in [0.4, 0.5) is 13.2 Å². The molecule has 0 radical (unpaired) electrons. The van der Waals surface area contributed by atoms with E-state index in [0.717, 1.165) is 12.1 Å². The first-order chi connectivity index (χ1) is 9.07. The molecule has 0 amide bonds. The van der Waals surface area contributed by atoms with Crippen molar-refractivity contribution < 1.29 is 13.2 Å². The lowest BCUT2D eigenvalue weighted by Crippen LogP contribution is -2.29. The van der Waals surface area contributed by atoms with Crippen LogP contribution in [0.5, 0.6) is 0 Å². The molecule has 2 aromatic rings. The molecule has 0 aliphatic heterocycles. The smallest absolute Gasteiger partial charge is 0.320 e. The highest BCUT2D eigenvalue weighted by atomic mass is 79.9. The topological polar surface area (TPSA) is 56.7 Å². The van der Waals surface area contributed by atoms with Gasteiger partial charge in [-0.2, -0.15) is 13.2 Å². The van der Waals surface area contributed by atoms with Gasteiger partial charge in [-0.25, -0.2) is 4.68 Å². The number of alkyl halides is 3. The summed E-state index contributed by atoms with van der Waals surface area (Å²) in [5.41, 5.74) is 5.15. The minimum atomic E-state index is -4.42. The Bertz CT molecular complexity index is 628. The van der Waals surface area contributed by atoms with Crippen molar-refractivity contribution in [2.24, 2.45) is 5.73 Å². The fourth-order valence-electron chi connectivity index (χ4n) is 1.56. The molecule has 2 N–H and O–H groups in total. The summed E-state index contributed by atoms with van der Waals surface area (Å²) in [6.07, 6.45) is -2.91. The molecule has 0 saturated heterocycles. The third-order valence-corrected chi connectivity index (χ3v) is 3.09. The predicted octanol–water partition coefficient (Wildman–Crippen LogP) is 3.24. The first-order valence-corrected chi connectivity index (χ1v) is 6.46. The molecule has 0 atom stereocenters. The fourth-order valence-corrected chi connectivity index (χ4v) is 2.04. The molecular formula is C12H12BrF3N4. The van der Waals surface area contributed by atoms with Crippen molar-refractivity contribution in [3.05, 3.63) is 40.1 Å². The zero-order chi connectivity index (χ0) is 15.1. The maximum atomic E-state index is 12.8. The lowest BCUT2D eigenvalue weighted by atomic mass is 10.0. The monoisotopic (exact) mass is 348 g/mol. The average molecular weight is 349 g/mol. The molecule has 8 heteroatoms. The quantitative estimate of drug-likeness (QED) is 0.906. The van der Waals surface area contributed by atoms with Crippen molar-refractivity contribution in [1.29, 1.82) is 0 Å². The molecule has 0 saturated carbocycles.